The van der Waals surface area contributed by atoms with E-state index in [1.54, 1.807) is 12.3 Å². The summed E-state index contributed by atoms with van der Waals surface area (Å²) in [5.74, 6) is 0.242. The molecule has 0 N–H and O–H groups in total. The molecule has 0 amide bonds. The molecule has 14 heavy (non-hydrogen) atoms. The lowest BCUT2D eigenvalue weighted by atomic mass is 10.2. The Morgan fingerprint density at radius 1 is 1.64 bits per heavy atom. The van der Waals surface area contributed by atoms with Crippen LogP contribution in [-0.4, -0.2) is 16.0 Å². The van der Waals surface area contributed by atoms with Crippen LogP contribution in [0.15, 0.2) is 23.4 Å². The zero-order valence-corrected chi connectivity index (χ0v) is 9.73. The molecule has 0 spiro atoms. The lowest BCUT2D eigenvalue weighted by Gasteiger charge is -2.07. The zero-order valence-electron chi connectivity index (χ0n) is 8.16. The van der Waals surface area contributed by atoms with Gasteiger partial charge < -0.3 is 0 Å². The summed E-state index contributed by atoms with van der Waals surface area (Å²) >= 11 is 7.17. The minimum Gasteiger partial charge on any atom is -0.298 e. The van der Waals surface area contributed by atoms with Gasteiger partial charge in [0.1, 0.15) is 5.78 Å². The summed E-state index contributed by atoms with van der Waals surface area (Å²) in [5.41, 5.74) is 0. The summed E-state index contributed by atoms with van der Waals surface area (Å²) in [7, 11) is 0. The number of nitrogens with zero attached hydrogens (tertiary/aromatic N) is 1. The van der Waals surface area contributed by atoms with Gasteiger partial charge in [0.05, 0.1) is 15.3 Å². The highest BCUT2D eigenvalue weighted by atomic mass is 35.5. The Hall–Kier alpha value is -0.540. The molecule has 4 heteroatoms. The Morgan fingerprint density at radius 2 is 2.36 bits per heavy atom. The molecule has 76 valence electrons. The van der Waals surface area contributed by atoms with Gasteiger partial charge in [-0.15, -0.1) is 0 Å². The Labute approximate surface area is 93.1 Å². The van der Waals surface area contributed by atoms with E-state index in [0.29, 0.717) is 11.4 Å². The fourth-order valence-electron chi connectivity index (χ4n) is 0.966. The Balaban J connectivity index is 2.60. The monoisotopic (exact) mass is 229 g/mol. The van der Waals surface area contributed by atoms with Crippen molar-refractivity contribution in [1.82, 2.24) is 4.98 Å². The molecular weight excluding hydrogens is 218 g/mol. The number of rotatable bonds is 4. The van der Waals surface area contributed by atoms with Crippen molar-refractivity contribution in [3.63, 3.8) is 0 Å². The normalized spacial score (nSPS) is 12.5. The van der Waals surface area contributed by atoms with Crippen molar-refractivity contribution in [3.05, 3.63) is 23.4 Å². The van der Waals surface area contributed by atoms with Gasteiger partial charge >= 0.3 is 0 Å². The van der Waals surface area contributed by atoms with Crippen molar-refractivity contribution in [2.75, 3.05) is 0 Å². The summed E-state index contributed by atoms with van der Waals surface area (Å²) in [6.45, 7) is 3.77. The van der Waals surface area contributed by atoms with Crippen molar-refractivity contribution in [2.45, 2.75) is 30.5 Å². The molecule has 1 atom stereocenters. The molecule has 0 saturated heterocycles. The first-order chi connectivity index (χ1) is 6.63. The van der Waals surface area contributed by atoms with Crippen molar-refractivity contribution in [3.8, 4) is 0 Å². The van der Waals surface area contributed by atoms with Gasteiger partial charge in [-0.25, -0.2) is 4.98 Å². The summed E-state index contributed by atoms with van der Waals surface area (Å²) in [4.78, 5) is 15.4. The van der Waals surface area contributed by atoms with Gasteiger partial charge in [-0.3, -0.25) is 4.79 Å². The molecule has 0 aliphatic carbocycles. The third kappa shape index (κ3) is 3.31. The smallest absolute Gasteiger partial charge is 0.145 e. The van der Waals surface area contributed by atoms with Gasteiger partial charge in [0, 0.05) is 12.6 Å². The molecule has 0 fully saturated rings. The standard InChI is InChI=1S/C10H12ClNOS/c1-3-9(13)7(2)14-10-5-4-8(11)6-12-10/h4-7H,3H2,1-2H3. The lowest BCUT2D eigenvalue weighted by molar-refractivity contribution is -0.117. The van der Waals surface area contributed by atoms with Crippen molar-refractivity contribution in [2.24, 2.45) is 0 Å². The third-order valence-electron chi connectivity index (χ3n) is 1.80. The first-order valence-electron chi connectivity index (χ1n) is 4.44. The minimum absolute atomic E-state index is 0.0336. The topological polar surface area (TPSA) is 30.0 Å². The fourth-order valence-corrected chi connectivity index (χ4v) is 2.00. The van der Waals surface area contributed by atoms with Gasteiger partial charge in [0.2, 0.25) is 0 Å². The number of halogens is 1. The molecule has 0 radical (unpaired) electrons. The van der Waals surface area contributed by atoms with Crippen LogP contribution < -0.4 is 0 Å². The highest BCUT2D eigenvalue weighted by Crippen LogP contribution is 2.23. The first kappa shape index (κ1) is 11.5. The maximum absolute atomic E-state index is 11.3. The van der Waals surface area contributed by atoms with Crippen molar-refractivity contribution in [1.29, 1.82) is 0 Å². The van der Waals surface area contributed by atoms with E-state index in [2.05, 4.69) is 4.98 Å². The van der Waals surface area contributed by atoms with Gasteiger partial charge in [0.25, 0.3) is 0 Å². The van der Waals surface area contributed by atoms with E-state index in [1.165, 1.54) is 11.8 Å². The van der Waals surface area contributed by atoms with E-state index in [0.717, 1.165) is 5.03 Å². The lowest BCUT2D eigenvalue weighted by Crippen LogP contribution is -2.11. The van der Waals surface area contributed by atoms with Crippen LogP contribution >= 0.6 is 23.4 Å². The number of thioether (sulfide) groups is 1. The minimum atomic E-state index is -0.0336. The van der Waals surface area contributed by atoms with Crippen molar-refractivity contribution < 1.29 is 4.79 Å². The van der Waals surface area contributed by atoms with E-state index in [-0.39, 0.29) is 11.0 Å². The largest absolute Gasteiger partial charge is 0.298 e. The molecule has 1 unspecified atom stereocenters. The summed E-state index contributed by atoms with van der Waals surface area (Å²) in [5, 5.41) is 1.42. The summed E-state index contributed by atoms with van der Waals surface area (Å²) < 4.78 is 0. The first-order valence-corrected chi connectivity index (χ1v) is 5.70. The van der Waals surface area contributed by atoms with Gasteiger partial charge in [0.15, 0.2) is 0 Å². The number of Topliss-reactive ketones (excluding diaryl/α,β-unsaturated/α-hetero) is 1. The predicted octanol–water partition coefficient (Wildman–Crippen LogP) is 3.19. The van der Waals surface area contributed by atoms with E-state index >= 15 is 0 Å². The Bertz CT molecular complexity index is 312. The number of hydrogen-bond donors (Lipinski definition) is 0. The summed E-state index contributed by atoms with van der Waals surface area (Å²) in [6, 6.07) is 3.60. The molecule has 0 aliphatic rings. The Kier molecular flexibility index (Phi) is 4.42. The van der Waals surface area contributed by atoms with E-state index in [4.69, 9.17) is 11.6 Å². The van der Waals surface area contributed by atoms with Gasteiger partial charge in [-0.2, -0.15) is 0 Å². The van der Waals surface area contributed by atoms with Crippen LogP contribution in [0.3, 0.4) is 0 Å². The molecule has 1 aromatic rings. The molecular formula is C10H12ClNOS. The number of ketones is 1. The highest BCUT2D eigenvalue weighted by molar-refractivity contribution is 8.00. The maximum atomic E-state index is 11.3. The Morgan fingerprint density at radius 3 is 2.86 bits per heavy atom. The second kappa shape index (κ2) is 5.37. The average molecular weight is 230 g/mol. The molecule has 0 aromatic carbocycles. The third-order valence-corrected chi connectivity index (χ3v) is 3.12. The second-order valence-electron chi connectivity index (χ2n) is 2.89. The van der Waals surface area contributed by atoms with Crippen LogP contribution in [0.2, 0.25) is 5.02 Å². The second-order valence-corrected chi connectivity index (χ2v) is 4.69. The molecule has 0 saturated carbocycles. The fraction of sp³-hybridized carbons (Fsp3) is 0.400. The number of pyridine rings is 1. The number of hydrogen-bond acceptors (Lipinski definition) is 3. The van der Waals surface area contributed by atoms with Gasteiger partial charge in [-0.05, 0) is 19.1 Å². The van der Waals surface area contributed by atoms with Crippen LogP contribution in [0.5, 0.6) is 0 Å². The van der Waals surface area contributed by atoms with Gasteiger partial charge in [-0.1, -0.05) is 30.3 Å². The number of carbonyl (C=O) groups excluding carboxylic acids is 1. The van der Waals surface area contributed by atoms with Crippen LogP contribution in [-0.2, 0) is 4.79 Å². The van der Waals surface area contributed by atoms with Crippen LogP contribution in [0.4, 0.5) is 0 Å². The molecule has 0 bridgehead atoms. The van der Waals surface area contributed by atoms with Crippen LogP contribution in [0, 0.1) is 0 Å². The molecule has 0 aliphatic heterocycles. The summed E-state index contributed by atoms with van der Waals surface area (Å²) in [6.07, 6.45) is 2.16. The maximum Gasteiger partial charge on any atom is 0.145 e. The molecule has 1 aromatic heterocycles. The average Bonchev–Trinajstić information content (AvgIpc) is 2.20. The molecule has 1 rings (SSSR count). The van der Waals surface area contributed by atoms with Crippen LogP contribution in [0.25, 0.3) is 0 Å². The van der Waals surface area contributed by atoms with E-state index < -0.39 is 0 Å². The van der Waals surface area contributed by atoms with Crippen molar-refractivity contribution >= 4 is 29.1 Å². The molecule has 1 heterocycles. The number of aromatic nitrogens is 1. The van der Waals surface area contributed by atoms with E-state index in [9.17, 15) is 4.79 Å². The molecule has 2 nitrogen and oxygen atoms in total. The highest BCUT2D eigenvalue weighted by Gasteiger charge is 2.12. The van der Waals surface area contributed by atoms with E-state index in [1.807, 2.05) is 19.9 Å². The predicted molar refractivity (Wildman–Crippen MR) is 59.9 cm³/mol. The zero-order chi connectivity index (χ0) is 10.6. The number of carbonyl (C=O) groups is 1. The van der Waals surface area contributed by atoms with Crippen LogP contribution in [0.1, 0.15) is 20.3 Å². The quantitative estimate of drug-likeness (QED) is 0.743. The SMILES string of the molecule is CCC(=O)C(C)Sc1ccc(Cl)cn1.